The monoisotopic (exact) mass is 299 g/mol. The van der Waals surface area contributed by atoms with Crippen LogP contribution in [0.4, 0.5) is 8.78 Å². The van der Waals surface area contributed by atoms with Gasteiger partial charge in [0.15, 0.2) is 0 Å². The van der Waals surface area contributed by atoms with Gasteiger partial charge in [-0.25, -0.2) is 13.8 Å². The third-order valence-electron chi connectivity index (χ3n) is 2.12. The topological polar surface area (TPSA) is 22.1 Å². The number of pyridine rings is 1. The Morgan fingerprint density at radius 1 is 1.18 bits per heavy atom. The van der Waals surface area contributed by atoms with Crippen molar-refractivity contribution in [1.82, 2.24) is 4.98 Å². The molecule has 0 aliphatic rings. The maximum atomic E-state index is 13.3. The van der Waals surface area contributed by atoms with Crippen molar-refractivity contribution in [2.45, 2.75) is 6.61 Å². The summed E-state index contributed by atoms with van der Waals surface area (Å²) in [4.78, 5) is 3.92. The number of rotatable bonds is 3. The van der Waals surface area contributed by atoms with Crippen molar-refractivity contribution in [3.05, 3.63) is 58.2 Å². The third kappa shape index (κ3) is 3.00. The minimum atomic E-state index is -0.625. The fraction of sp³-hybridized carbons (Fsp3) is 0.0833. The van der Waals surface area contributed by atoms with Crippen LogP contribution in [0.3, 0.4) is 0 Å². The van der Waals surface area contributed by atoms with Crippen LogP contribution >= 0.6 is 15.9 Å². The molecule has 0 aliphatic heterocycles. The fourth-order valence-electron chi connectivity index (χ4n) is 1.28. The van der Waals surface area contributed by atoms with E-state index in [0.29, 0.717) is 5.88 Å². The molecular weight excluding hydrogens is 292 g/mol. The number of nitrogens with zero attached hydrogens (tertiary/aromatic N) is 1. The van der Waals surface area contributed by atoms with E-state index in [1.165, 1.54) is 24.4 Å². The lowest BCUT2D eigenvalue weighted by atomic mass is 10.2. The van der Waals surface area contributed by atoms with Crippen molar-refractivity contribution in [2.24, 2.45) is 0 Å². The highest BCUT2D eigenvalue weighted by Crippen LogP contribution is 2.18. The van der Waals surface area contributed by atoms with Crippen molar-refractivity contribution in [3.63, 3.8) is 0 Å². The van der Waals surface area contributed by atoms with Crippen molar-refractivity contribution in [3.8, 4) is 5.88 Å². The average molecular weight is 300 g/mol. The molecule has 2 nitrogen and oxygen atoms in total. The average Bonchev–Trinajstić information content (AvgIpc) is 2.28. The van der Waals surface area contributed by atoms with Crippen LogP contribution in [0, 0.1) is 11.6 Å². The molecule has 0 N–H and O–H groups in total. The van der Waals surface area contributed by atoms with Crippen LogP contribution in [0.25, 0.3) is 0 Å². The van der Waals surface area contributed by atoms with Crippen LogP contribution in [0.1, 0.15) is 5.56 Å². The van der Waals surface area contributed by atoms with E-state index in [1.54, 1.807) is 12.1 Å². The largest absolute Gasteiger partial charge is 0.473 e. The molecule has 1 heterocycles. The minimum absolute atomic E-state index is 0.103. The predicted octanol–water partition coefficient (Wildman–Crippen LogP) is 3.70. The lowest BCUT2D eigenvalue weighted by molar-refractivity contribution is 0.281. The van der Waals surface area contributed by atoms with E-state index in [9.17, 15) is 8.78 Å². The van der Waals surface area contributed by atoms with Gasteiger partial charge in [-0.15, -0.1) is 0 Å². The summed E-state index contributed by atoms with van der Waals surface area (Å²) in [6.07, 6.45) is 1.54. The van der Waals surface area contributed by atoms with E-state index in [0.717, 1.165) is 4.47 Å². The van der Waals surface area contributed by atoms with E-state index in [-0.39, 0.29) is 12.2 Å². The lowest BCUT2D eigenvalue weighted by Crippen LogP contribution is -2.02. The van der Waals surface area contributed by atoms with Crippen LogP contribution in [0.15, 0.2) is 41.0 Å². The highest BCUT2D eigenvalue weighted by molar-refractivity contribution is 9.10. The zero-order valence-corrected chi connectivity index (χ0v) is 10.2. The van der Waals surface area contributed by atoms with Gasteiger partial charge < -0.3 is 4.74 Å². The summed E-state index contributed by atoms with van der Waals surface area (Å²) in [5.41, 5.74) is -0.103. The van der Waals surface area contributed by atoms with Gasteiger partial charge in [0.25, 0.3) is 0 Å². The molecule has 2 rings (SSSR count). The highest BCUT2D eigenvalue weighted by atomic mass is 79.9. The van der Waals surface area contributed by atoms with E-state index < -0.39 is 11.6 Å². The van der Waals surface area contributed by atoms with Crippen molar-refractivity contribution < 1.29 is 13.5 Å². The summed E-state index contributed by atoms with van der Waals surface area (Å²) in [5, 5.41) is 0. The Labute approximate surface area is 105 Å². The third-order valence-corrected chi connectivity index (χ3v) is 2.62. The lowest BCUT2D eigenvalue weighted by Gasteiger charge is -2.07. The molecule has 0 saturated heterocycles. The Hall–Kier alpha value is -1.49. The standard InChI is InChI=1S/C12H8BrF2NO/c13-8-4-5-16-12(6-8)17-7-9-10(14)2-1-3-11(9)15/h1-6H,7H2. The first-order valence-corrected chi connectivity index (χ1v) is 5.63. The van der Waals surface area contributed by atoms with Gasteiger partial charge in [0, 0.05) is 16.7 Å². The van der Waals surface area contributed by atoms with Crippen molar-refractivity contribution in [1.29, 1.82) is 0 Å². The first-order chi connectivity index (χ1) is 8.16. The van der Waals surface area contributed by atoms with E-state index in [1.807, 2.05) is 0 Å². The summed E-state index contributed by atoms with van der Waals surface area (Å²) in [5.74, 6) is -0.943. The van der Waals surface area contributed by atoms with Crippen LogP contribution in [-0.2, 0) is 6.61 Å². The molecule has 0 atom stereocenters. The van der Waals surface area contributed by atoms with Gasteiger partial charge in [-0.2, -0.15) is 0 Å². The van der Waals surface area contributed by atoms with Crippen molar-refractivity contribution in [2.75, 3.05) is 0 Å². The summed E-state index contributed by atoms with van der Waals surface area (Å²) in [6.45, 7) is -0.193. The van der Waals surface area contributed by atoms with Crippen LogP contribution in [0.5, 0.6) is 5.88 Å². The zero-order valence-electron chi connectivity index (χ0n) is 8.66. The first kappa shape index (κ1) is 12.0. The summed E-state index contributed by atoms with van der Waals surface area (Å²) >= 11 is 3.25. The maximum absolute atomic E-state index is 13.3. The molecule has 0 radical (unpaired) electrons. The summed E-state index contributed by atoms with van der Waals surface area (Å²) < 4.78 is 32.6. The molecule has 2 aromatic rings. The van der Waals surface area contributed by atoms with Gasteiger partial charge in [0.1, 0.15) is 18.2 Å². The van der Waals surface area contributed by atoms with Crippen molar-refractivity contribution >= 4 is 15.9 Å². The molecule has 0 fully saturated rings. The number of aromatic nitrogens is 1. The molecule has 88 valence electrons. The Kier molecular flexibility index (Phi) is 3.68. The molecule has 0 saturated carbocycles. The highest BCUT2D eigenvalue weighted by Gasteiger charge is 2.09. The molecule has 0 spiro atoms. The second-order valence-corrected chi connectivity index (χ2v) is 4.22. The molecule has 0 aliphatic carbocycles. The molecule has 1 aromatic heterocycles. The molecule has 0 amide bonds. The second-order valence-electron chi connectivity index (χ2n) is 3.30. The Morgan fingerprint density at radius 3 is 2.53 bits per heavy atom. The SMILES string of the molecule is Fc1cccc(F)c1COc1cc(Br)ccn1. The minimum Gasteiger partial charge on any atom is -0.473 e. The van der Waals surface area contributed by atoms with Crippen LogP contribution < -0.4 is 4.74 Å². The van der Waals surface area contributed by atoms with Gasteiger partial charge in [-0.1, -0.05) is 22.0 Å². The summed E-state index contributed by atoms with van der Waals surface area (Å²) in [6, 6.07) is 7.05. The smallest absolute Gasteiger partial charge is 0.214 e. The van der Waals surface area contributed by atoms with E-state index >= 15 is 0 Å². The van der Waals surface area contributed by atoms with E-state index in [2.05, 4.69) is 20.9 Å². The number of benzene rings is 1. The maximum Gasteiger partial charge on any atom is 0.214 e. The number of ether oxygens (including phenoxy) is 1. The fourth-order valence-corrected chi connectivity index (χ4v) is 1.59. The number of hydrogen-bond acceptors (Lipinski definition) is 2. The van der Waals surface area contributed by atoms with Crippen LogP contribution in [0.2, 0.25) is 0 Å². The van der Waals surface area contributed by atoms with Gasteiger partial charge in [-0.3, -0.25) is 0 Å². The zero-order chi connectivity index (χ0) is 12.3. The molecular formula is C12H8BrF2NO. The van der Waals surface area contributed by atoms with Gasteiger partial charge in [0.2, 0.25) is 5.88 Å². The quantitative estimate of drug-likeness (QED) is 0.862. The molecule has 17 heavy (non-hydrogen) atoms. The van der Waals surface area contributed by atoms with E-state index in [4.69, 9.17) is 4.74 Å². The van der Waals surface area contributed by atoms with Crippen LogP contribution in [-0.4, -0.2) is 4.98 Å². The first-order valence-electron chi connectivity index (χ1n) is 4.84. The Balaban J connectivity index is 2.13. The summed E-state index contributed by atoms with van der Waals surface area (Å²) in [7, 11) is 0. The Bertz CT molecular complexity index is 513. The molecule has 0 bridgehead atoms. The number of hydrogen-bond donors (Lipinski definition) is 0. The Morgan fingerprint density at radius 2 is 1.88 bits per heavy atom. The normalized spacial score (nSPS) is 10.3. The molecule has 5 heteroatoms. The van der Waals surface area contributed by atoms with Gasteiger partial charge in [-0.05, 0) is 18.2 Å². The van der Waals surface area contributed by atoms with Gasteiger partial charge >= 0.3 is 0 Å². The van der Waals surface area contributed by atoms with Gasteiger partial charge in [0.05, 0.1) is 5.56 Å². The second kappa shape index (κ2) is 5.23. The predicted molar refractivity (Wildman–Crippen MR) is 62.6 cm³/mol. The number of halogens is 3. The molecule has 0 unspecified atom stereocenters. The molecule has 1 aromatic carbocycles.